The summed E-state index contributed by atoms with van der Waals surface area (Å²) in [5, 5.41) is 8.92. The van der Waals surface area contributed by atoms with Crippen molar-refractivity contribution in [2.75, 3.05) is 32.7 Å². The van der Waals surface area contributed by atoms with Crippen LogP contribution in [0, 0.1) is 11.3 Å². The number of urea groups is 1. The first-order valence-corrected chi connectivity index (χ1v) is 8.55. The number of rotatable bonds is 4. The highest BCUT2D eigenvalue weighted by Gasteiger charge is 2.35. The molecule has 0 saturated carbocycles. The molecule has 0 radical (unpaired) electrons. The average Bonchev–Trinajstić information content (AvgIpc) is 2.99. The molecule has 2 saturated heterocycles. The van der Waals surface area contributed by atoms with Crippen LogP contribution < -0.4 is 11.5 Å². The fourth-order valence-corrected chi connectivity index (χ4v) is 3.25. The number of carbonyl (C=O) groups is 1. The van der Waals surface area contributed by atoms with Gasteiger partial charge in [0.1, 0.15) is 11.8 Å². The highest BCUT2D eigenvalue weighted by molar-refractivity contribution is 5.80. The van der Waals surface area contributed by atoms with E-state index in [1.807, 2.05) is 34.6 Å². The molecule has 8 heteroatoms. The number of aliphatic imine (C=N–C) groups is 1. The van der Waals surface area contributed by atoms with Crippen LogP contribution in [0.4, 0.5) is 4.79 Å². The maximum atomic E-state index is 12.4. The maximum absolute atomic E-state index is 12.4. The van der Waals surface area contributed by atoms with E-state index in [1.165, 1.54) is 0 Å². The monoisotopic (exact) mass is 333 g/mol. The van der Waals surface area contributed by atoms with Crippen molar-refractivity contribution in [1.82, 2.24) is 14.7 Å². The third kappa shape index (κ3) is 3.72. The van der Waals surface area contributed by atoms with Gasteiger partial charge in [-0.3, -0.25) is 0 Å². The fraction of sp³-hybridized carbons (Fsp3) is 0.688. The van der Waals surface area contributed by atoms with Gasteiger partial charge in [-0.25, -0.2) is 9.79 Å². The molecule has 0 aromatic rings. The SMILES string of the molecule is CC/C(N=C(N)N1CCCC(N2CCN(CC)C2=O)C1)=C(/N)C#N. The van der Waals surface area contributed by atoms with Crippen LogP contribution in [0.25, 0.3) is 0 Å². The summed E-state index contributed by atoms with van der Waals surface area (Å²) < 4.78 is 0. The van der Waals surface area contributed by atoms with Crippen molar-refractivity contribution in [3.05, 3.63) is 11.4 Å². The van der Waals surface area contributed by atoms with Crippen molar-refractivity contribution in [3.63, 3.8) is 0 Å². The molecule has 2 fully saturated rings. The molecule has 132 valence electrons. The summed E-state index contributed by atoms with van der Waals surface area (Å²) in [6.07, 6.45) is 2.48. The van der Waals surface area contributed by atoms with E-state index < -0.39 is 0 Å². The number of hydrogen-bond acceptors (Lipinski definition) is 4. The Morgan fingerprint density at radius 1 is 1.33 bits per heavy atom. The molecule has 0 aromatic carbocycles. The molecule has 0 bridgehead atoms. The van der Waals surface area contributed by atoms with Crippen LogP contribution in [0.3, 0.4) is 0 Å². The fourth-order valence-electron chi connectivity index (χ4n) is 3.25. The topological polar surface area (TPSA) is 115 Å². The summed E-state index contributed by atoms with van der Waals surface area (Å²) >= 11 is 0. The number of hydrogen-bond donors (Lipinski definition) is 2. The lowest BCUT2D eigenvalue weighted by atomic mass is 10.0. The second kappa shape index (κ2) is 7.90. The van der Waals surface area contributed by atoms with Gasteiger partial charge in [0.15, 0.2) is 5.96 Å². The van der Waals surface area contributed by atoms with E-state index in [-0.39, 0.29) is 17.8 Å². The van der Waals surface area contributed by atoms with Gasteiger partial charge in [-0.1, -0.05) is 6.92 Å². The zero-order chi connectivity index (χ0) is 17.7. The van der Waals surface area contributed by atoms with E-state index in [0.29, 0.717) is 24.6 Å². The lowest BCUT2D eigenvalue weighted by Gasteiger charge is -2.37. The Morgan fingerprint density at radius 2 is 2.08 bits per heavy atom. The van der Waals surface area contributed by atoms with Gasteiger partial charge in [0.05, 0.1) is 11.7 Å². The number of nitriles is 1. The normalized spacial score (nSPS) is 23.4. The van der Waals surface area contributed by atoms with Gasteiger partial charge in [-0.05, 0) is 26.2 Å². The Labute approximate surface area is 143 Å². The molecular weight excluding hydrogens is 306 g/mol. The van der Waals surface area contributed by atoms with Gasteiger partial charge in [-0.15, -0.1) is 0 Å². The quantitative estimate of drug-likeness (QED) is 0.445. The Morgan fingerprint density at radius 3 is 2.67 bits per heavy atom. The molecule has 0 spiro atoms. The molecule has 2 aliphatic heterocycles. The lowest BCUT2D eigenvalue weighted by Crippen LogP contribution is -2.52. The largest absolute Gasteiger partial charge is 0.389 e. The van der Waals surface area contributed by atoms with Gasteiger partial charge in [0.25, 0.3) is 0 Å². The van der Waals surface area contributed by atoms with Crippen LogP contribution in [0.5, 0.6) is 0 Å². The predicted molar refractivity (Wildman–Crippen MR) is 92.7 cm³/mol. The molecule has 2 heterocycles. The Hall–Kier alpha value is -2.43. The number of nitrogens with zero attached hydrogens (tertiary/aromatic N) is 5. The summed E-state index contributed by atoms with van der Waals surface area (Å²) in [5.41, 5.74) is 12.4. The summed E-state index contributed by atoms with van der Waals surface area (Å²) in [7, 11) is 0. The molecule has 8 nitrogen and oxygen atoms in total. The third-order valence-electron chi connectivity index (χ3n) is 4.69. The number of likely N-dealkylation sites (N-methyl/N-ethyl adjacent to an activating group) is 1. The van der Waals surface area contributed by atoms with E-state index in [9.17, 15) is 4.79 Å². The Bertz CT molecular complexity index is 577. The van der Waals surface area contributed by atoms with Crippen molar-refractivity contribution in [3.8, 4) is 6.07 Å². The second-order valence-electron chi connectivity index (χ2n) is 6.09. The average molecular weight is 333 g/mol. The lowest BCUT2D eigenvalue weighted by molar-refractivity contribution is 0.149. The first kappa shape index (κ1) is 17.9. The van der Waals surface area contributed by atoms with Gasteiger partial charge in [0.2, 0.25) is 0 Å². The molecule has 0 aliphatic carbocycles. The first-order chi connectivity index (χ1) is 11.5. The predicted octanol–water partition coefficient (Wildman–Crippen LogP) is 0.627. The standard InChI is InChI=1S/C16H27N7O/c1-3-14(13(18)10-17)20-15(19)22-7-5-6-12(11-22)23-9-8-21(4-2)16(23)24/h12H,3-9,11,18H2,1-2H3,(H2,19,20)/b14-13-. The number of carbonyl (C=O) groups excluding carboxylic acids is 1. The van der Waals surface area contributed by atoms with Crippen LogP contribution in [0.2, 0.25) is 0 Å². The molecule has 2 aliphatic rings. The van der Waals surface area contributed by atoms with E-state index in [0.717, 1.165) is 39.0 Å². The van der Waals surface area contributed by atoms with Crippen LogP contribution in [0.1, 0.15) is 33.1 Å². The Balaban J connectivity index is 2.08. The second-order valence-corrected chi connectivity index (χ2v) is 6.09. The van der Waals surface area contributed by atoms with E-state index in [1.54, 1.807) is 0 Å². The van der Waals surface area contributed by atoms with Crippen molar-refractivity contribution in [2.24, 2.45) is 16.5 Å². The molecule has 2 amide bonds. The minimum absolute atomic E-state index is 0.0994. The minimum atomic E-state index is 0.0994. The molecule has 2 rings (SSSR count). The maximum Gasteiger partial charge on any atom is 0.320 e. The zero-order valence-electron chi connectivity index (χ0n) is 14.5. The molecule has 4 N–H and O–H groups in total. The first-order valence-electron chi connectivity index (χ1n) is 8.55. The number of guanidine groups is 1. The smallest absolute Gasteiger partial charge is 0.320 e. The summed E-state index contributed by atoms with van der Waals surface area (Å²) in [5.74, 6) is 0.369. The number of piperidine rings is 1. The van der Waals surface area contributed by atoms with E-state index >= 15 is 0 Å². The van der Waals surface area contributed by atoms with Gasteiger partial charge >= 0.3 is 6.03 Å². The zero-order valence-corrected chi connectivity index (χ0v) is 14.5. The highest BCUT2D eigenvalue weighted by atomic mass is 16.2. The van der Waals surface area contributed by atoms with Crippen LogP contribution in [-0.2, 0) is 0 Å². The molecule has 1 atom stereocenters. The van der Waals surface area contributed by atoms with E-state index in [2.05, 4.69) is 4.99 Å². The summed E-state index contributed by atoms with van der Waals surface area (Å²) in [4.78, 5) is 22.5. The van der Waals surface area contributed by atoms with Crippen molar-refractivity contribution >= 4 is 12.0 Å². The van der Waals surface area contributed by atoms with Crippen molar-refractivity contribution < 1.29 is 4.79 Å². The molecular formula is C16H27N7O. The Kier molecular flexibility index (Phi) is 5.90. The minimum Gasteiger partial charge on any atom is -0.389 e. The number of allylic oxidation sites excluding steroid dienone is 2. The van der Waals surface area contributed by atoms with Crippen molar-refractivity contribution in [2.45, 2.75) is 39.2 Å². The number of nitrogens with two attached hydrogens (primary N) is 2. The van der Waals surface area contributed by atoms with Gasteiger partial charge < -0.3 is 26.2 Å². The van der Waals surface area contributed by atoms with Crippen LogP contribution in [-0.4, -0.2) is 65.5 Å². The van der Waals surface area contributed by atoms with Crippen LogP contribution in [0.15, 0.2) is 16.4 Å². The number of amides is 2. The van der Waals surface area contributed by atoms with Crippen LogP contribution >= 0.6 is 0 Å². The molecule has 24 heavy (non-hydrogen) atoms. The van der Waals surface area contributed by atoms with E-state index in [4.69, 9.17) is 16.7 Å². The molecule has 0 aromatic heterocycles. The third-order valence-corrected chi connectivity index (χ3v) is 4.69. The van der Waals surface area contributed by atoms with Gasteiger partial charge in [-0.2, -0.15) is 5.26 Å². The molecule has 1 unspecified atom stereocenters. The summed E-state index contributed by atoms with van der Waals surface area (Å²) in [6, 6.07) is 2.18. The number of likely N-dealkylation sites (tertiary alicyclic amines) is 1. The highest BCUT2D eigenvalue weighted by Crippen LogP contribution is 2.21. The van der Waals surface area contributed by atoms with Crippen molar-refractivity contribution in [1.29, 1.82) is 5.26 Å². The summed E-state index contributed by atoms with van der Waals surface area (Å²) in [6.45, 7) is 7.65. The van der Waals surface area contributed by atoms with Gasteiger partial charge in [0, 0.05) is 32.7 Å².